The lowest BCUT2D eigenvalue weighted by atomic mass is 10.0. The summed E-state index contributed by atoms with van der Waals surface area (Å²) in [4.78, 5) is 14.0. The summed E-state index contributed by atoms with van der Waals surface area (Å²) in [6.45, 7) is 6.05. The zero-order chi connectivity index (χ0) is 16.9. The van der Waals surface area contributed by atoms with Gasteiger partial charge in [0.25, 0.3) is 0 Å². The van der Waals surface area contributed by atoms with E-state index in [1.54, 1.807) is 24.1 Å². The Bertz CT molecular complexity index is 614. The summed E-state index contributed by atoms with van der Waals surface area (Å²) in [5.41, 5.74) is 0.755. The van der Waals surface area contributed by atoms with Gasteiger partial charge in [0.1, 0.15) is 0 Å². The molecule has 0 spiro atoms. The van der Waals surface area contributed by atoms with Crippen molar-refractivity contribution in [2.24, 2.45) is 11.1 Å². The Kier molecular flexibility index (Phi) is 6.56. The molecule has 0 aliphatic heterocycles. The molecule has 0 fully saturated rings. The van der Waals surface area contributed by atoms with Crippen molar-refractivity contribution in [1.29, 1.82) is 0 Å². The molecule has 0 aliphatic carbocycles. The first-order valence-corrected chi connectivity index (χ1v) is 9.09. The fraction of sp³-hybridized carbons (Fsp3) is 0.562. The van der Waals surface area contributed by atoms with Gasteiger partial charge in [-0.05, 0) is 30.5 Å². The highest BCUT2D eigenvalue weighted by atomic mass is 32.2. The monoisotopic (exact) mass is 326 g/mol. The standard InChI is InChI=1S/C16H26N2O3S/c1-5-7-12(2)10-16(19)18(4)13(3)14-8-6-9-15(11-14)22(17,20)21/h6,8-9,11-13H,5,7,10H2,1-4H3,(H2,17,20,21). The minimum atomic E-state index is -3.73. The van der Waals surface area contributed by atoms with E-state index in [2.05, 4.69) is 13.8 Å². The summed E-state index contributed by atoms with van der Waals surface area (Å²) in [7, 11) is -1.99. The summed E-state index contributed by atoms with van der Waals surface area (Å²) in [6.07, 6.45) is 2.59. The van der Waals surface area contributed by atoms with E-state index in [9.17, 15) is 13.2 Å². The second kappa shape index (κ2) is 7.74. The molecule has 1 aromatic rings. The van der Waals surface area contributed by atoms with Crippen LogP contribution in [0.2, 0.25) is 0 Å². The summed E-state index contributed by atoms with van der Waals surface area (Å²) in [5, 5.41) is 5.15. The van der Waals surface area contributed by atoms with Crippen LogP contribution in [0, 0.1) is 5.92 Å². The molecule has 0 bridgehead atoms. The molecule has 1 amide bonds. The molecule has 124 valence electrons. The number of benzene rings is 1. The van der Waals surface area contributed by atoms with E-state index in [0.717, 1.165) is 18.4 Å². The van der Waals surface area contributed by atoms with Gasteiger partial charge < -0.3 is 4.90 Å². The van der Waals surface area contributed by atoms with E-state index in [1.807, 2.05) is 6.92 Å². The number of nitrogens with zero attached hydrogens (tertiary/aromatic N) is 1. The fourth-order valence-corrected chi connectivity index (χ4v) is 3.00. The van der Waals surface area contributed by atoms with Crippen LogP contribution < -0.4 is 5.14 Å². The third kappa shape index (κ3) is 5.10. The Labute approximate surface area is 133 Å². The Morgan fingerprint density at radius 1 is 1.32 bits per heavy atom. The van der Waals surface area contributed by atoms with Gasteiger partial charge in [-0.15, -0.1) is 0 Å². The summed E-state index contributed by atoms with van der Waals surface area (Å²) in [5.74, 6) is 0.414. The largest absolute Gasteiger partial charge is 0.339 e. The lowest BCUT2D eigenvalue weighted by Crippen LogP contribution is -2.30. The van der Waals surface area contributed by atoms with E-state index >= 15 is 0 Å². The van der Waals surface area contributed by atoms with Crippen molar-refractivity contribution >= 4 is 15.9 Å². The second-order valence-electron chi connectivity index (χ2n) is 5.90. The van der Waals surface area contributed by atoms with Crippen LogP contribution in [0.1, 0.15) is 51.6 Å². The molecule has 5 nitrogen and oxygen atoms in total. The number of primary sulfonamides is 1. The van der Waals surface area contributed by atoms with Crippen molar-refractivity contribution in [3.63, 3.8) is 0 Å². The minimum Gasteiger partial charge on any atom is -0.339 e. The molecule has 0 aliphatic rings. The van der Waals surface area contributed by atoms with Gasteiger partial charge >= 0.3 is 0 Å². The van der Waals surface area contributed by atoms with Crippen molar-refractivity contribution < 1.29 is 13.2 Å². The first kappa shape index (κ1) is 18.6. The molecule has 1 aromatic carbocycles. The van der Waals surface area contributed by atoms with E-state index in [4.69, 9.17) is 5.14 Å². The van der Waals surface area contributed by atoms with Gasteiger partial charge in [0.15, 0.2) is 0 Å². The summed E-state index contributed by atoms with van der Waals surface area (Å²) in [6, 6.07) is 6.22. The molecule has 2 unspecified atom stereocenters. The molecule has 0 radical (unpaired) electrons. The molecule has 0 saturated carbocycles. The van der Waals surface area contributed by atoms with Crippen LogP contribution in [0.25, 0.3) is 0 Å². The lowest BCUT2D eigenvalue weighted by Gasteiger charge is -2.27. The van der Waals surface area contributed by atoms with E-state index in [1.165, 1.54) is 12.1 Å². The van der Waals surface area contributed by atoms with Crippen molar-refractivity contribution in [1.82, 2.24) is 4.90 Å². The quantitative estimate of drug-likeness (QED) is 0.836. The Morgan fingerprint density at radius 2 is 1.95 bits per heavy atom. The molecular formula is C16H26N2O3S. The number of amides is 1. The van der Waals surface area contributed by atoms with Crippen molar-refractivity contribution in [3.05, 3.63) is 29.8 Å². The van der Waals surface area contributed by atoms with Gasteiger partial charge in [-0.2, -0.15) is 0 Å². The van der Waals surface area contributed by atoms with Crippen molar-refractivity contribution in [2.45, 2.75) is 51.0 Å². The van der Waals surface area contributed by atoms with E-state index < -0.39 is 10.0 Å². The van der Waals surface area contributed by atoms with Crippen LogP contribution in [0.5, 0.6) is 0 Å². The van der Waals surface area contributed by atoms with Gasteiger partial charge in [-0.25, -0.2) is 13.6 Å². The molecule has 0 saturated heterocycles. The van der Waals surface area contributed by atoms with Crippen molar-refractivity contribution in [3.8, 4) is 0 Å². The normalized spacial score (nSPS) is 14.4. The molecule has 0 heterocycles. The van der Waals surface area contributed by atoms with Gasteiger partial charge in [0, 0.05) is 13.5 Å². The number of hydrogen-bond donors (Lipinski definition) is 1. The molecule has 22 heavy (non-hydrogen) atoms. The number of carbonyl (C=O) groups excluding carboxylic acids is 1. The first-order valence-electron chi connectivity index (χ1n) is 7.55. The van der Waals surface area contributed by atoms with Crippen LogP contribution in [0.4, 0.5) is 0 Å². The lowest BCUT2D eigenvalue weighted by molar-refractivity contribution is -0.132. The fourth-order valence-electron chi connectivity index (χ4n) is 2.43. The third-order valence-corrected chi connectivity index (χ3v) is 4.86. The second-order valence-corrected chi connectivity index (χ2v) is 7.46. The predicted octanol–water partition coefficient (Wildman–Crippen LogP) is 2.68. The number of nitrogens with two attached hydrogens (primary N) is 1. The molecule has 0 aromatic heterocycles. The van der Waals surface area contributed by atoms with Gasteiger partial charge in [0.2, 0.25) is 15.9 Å². The number of hydrogen-bond acceptors (Lipinski definition) is 3. The predicted molar refractivity (Wildman–Crippen MR) is 87.7 cm³/mol. The van der Waals surface area contributed by atoms with Gasteiger partial charge in [0.05, 0.1) is 10.9 Å². The Morgan fingerprint density at radius 3 is 2.50 bits per heavy atom. The van der Waals surface area contributed by atoms with Crippen molar-refractivity contribution in [2.75, 3.05) is 7.05 Å². The smallest absolute Gasteiger partial charge is 0.238 e. The van der Waals surface area contributed by atoms with Gasteiger partial charge in [-0.1, -0.05) is 38.8 Å². The van der Waals surface area contributed by atoms with Crippen LogP contribution in [0.15, 0.2) is 29.2 Å². The molecule has 2 N–H and O–H groups in total. The zero-order valence-corrected chi connectivity index (χ0v) is 14.6. The SMILES string of the molecule is CCCC(C)CC(=O)N(C)C(C)c1cccc(S(N)(=O)=O)c1. The van der Waals surface area contributed by atoms with E-state index in [-0.39, 0.29) is 16.8 Å². The highest BCUT2D eigenvalue weighted by Crippen LogP contribution is 2.23. The number of sulfonamides is 1. The Balaban J connectivity index is 2.87. The average molecular weight is 326 g/mol. The molecule has 6 heteroatoms. The molecular weight excluding hydrogens is 300 g/mol. The zero-order valence-electron chi connectivity index (χ0n) is 13.7. The average Bonchev–Trinajstić information content (AvgIpc) is 2.45. The van der Waals surface area contributed by atoms with Gasteiger partial charge in [-0.3, -0.25) is 4.79 Å². The van der Waals surface area contributed by atoms with Crippen LogP contribution in [0.3, 0.4) is 0 Å². The molecule has 1 rings (SSSR count). The third-order valence-electron chi connectivity index (χ3n) is 3.95. The highest BCUT2D eigenvalue weighted by Gasteiger charge is 2.20. The Hall–Kier alpha value is -1.40. The molecule has 2 atom stereocenters. The van der Waals surface area contributed by atoms with Crippen LogP contribution in [-0.2, 0) is 14.8 Å². The number of carbonyl (C=O) groups is 1. The van der Waals surface area contributed by atoms with Crippen LogP contribution >= 0.6 is 0 Å². The number of rotatable bonds is 7. The maximum atomic E-state index is 12.3. The maximum Gasteiger partial charge on any atom is 0.238 e. The summed E-state index contributed by atoms with van der Waals surface area (Å²) < 4.78 is 22.9. The minimum absolute atomic E-state index is 0.0643. The topological polar surface area (TPSA) is 80.5 Å². The van der Waals surface area contributed by atoms with Crippen LogP contribution in [-0.4, -0.2) is 26.3 Å². The first-order chi connectivity index (χ1) is 10.2. The maximum absolute atomic E-state index is 12.3. The summed E-state index contributed by atoms with van der Waals surface area (Å²) >= 11 is 0. The highest BCUT2D eigenvalue weighted by molar-refractivity contribution is 7.89. The van der Waals surface area contributed by atoms with E-state index in [0.29, 0.717) is 12.3 Å².